The lowest BCUT2D eigenvalue weighted by molar-refractivity contribution is -0.136. The van der Waals surface area contributed by atoms with E-state index >= 15 is 0 Å². The summed E-state index contributed by atoms with van der Waals surface area (Å²) in [6.07, 6.45) is -0.339. The van der Waals surface area contributed by atoms with Gasteiger partial charge >= 0.3 is 0 Å². The molecule has 0 bridgehead atoms. The molecule has 6 heteroatoms. The number of Topliss-reactive ketones (excluding diaryl/α,β-unsaturated/α-hetero) is 1. The van der Waals surface area contributed by atoms with Crippen molar-refractivity contribution >= 4 is 40.6 Å². The summed E-state index contributed by atoms with van der Waals surface area (Å²) in [4.78, 5) is 27.9. The van der Waals surface area contributed by atoms with E-state index in [0.29, 0.717) is 38.3 Å². The molecule has 0 aliphatic carbocycles. The van der Waals surface area contributed by atoms with Gasteiger partial charge in [-0.3, -0.25) is 9.59 Å². The summed E-state index contributed by atoms with van der Waals surface area (Å²) in [6.45, 7) is 4.32. The number of para-hydroxylation sites is 1. The number of ketones is 1. The van der Waals surface area contributed by atoms with Crippen molar-refractivity contribution in [2.24, 2.45) is 0 Å². The third-order valence-electron chi connectivity index (χ3n) is 5.90. The van der Waals surface area contributed by atoms with Crippen LogP contribution in [0.1, 0.15) is 53.2 Å². The zero-order chi connectivity index (χ0) is 23.0. The maximum atomic E-state index is 13.4. The summed E-state index contributed by atoms with van der Waals surface area (Å²) >= 11 is 12.3. The van der Waals surface area contributed by atoms with E-state index in [1.807, 2.05) is 12.1 Å². The second-order valence-electron chi connectivity index (χ2n) is 8.38. The Morgan fingerprint density at radius 3 is 2.38 bits per heavy atom. The van der Waals surface area contributed by atoms with E-state index in [-0.39, 0.29) is 18.7 Å². The molecule has 1 unspecified atom stereocenters. The van der Waals surface area contributed by atoms with Crippen LogP contribution in [0.25, 0.3) is 0 Å². The van der Waals surface area contributed by atoms with E-state index < -0.39 is 11.5 Å². The molecular formula is C26H23Cl2NO3. The Hall–Kier alpha value is -2.66. The fourth-order valence-electron chi connectivity index (χ4n) is 4.04. The van der Waals surface area contributed by atoms with Gasteiger partial charge in [0.15, 0.2) is 11.4 Å². The Kier molecular flexibility index (Phi) is 6.13. The van der Waals surface area contributed by atoms with E-state index in [2.05, 4.69) is 13.8 Å². The minimum absolute atomic E-state index is 0.158. The van der Waals surface area contributed by atoms with Crippen molar-refractivity contribution in [3.8, 4) is 0 Å². The lowest BCUT2D eigenvalue weighted by atomic mass is 9.87. The van der Waals surface area contributed by atoms with E-state index in [1.165, 1.54) is 4.90 Å². The van der Waals surface area contributed by atoms with Crippen LogP contribution in [0.15, 0.2) is 66.7 Å². The fourth-order valence-corrected chi connectivity index (χ4v) is 4.51. The largest absolute Gasteiger partial charge is 0.375 e. The molecule has 1 heterocycles. The summed E-state index contributed by atoms with van der Waals surface area (Å²) in [5.74, 6) is -0.492. The Morgan fingerprint density at radius 1 is 1.03 bits per heavy atom. The van der Waals surface area contributed by atoms with Crippen molar-refractivity contribution in [1.82, 2.24) is 0 Å². The van der Waals surface area contributed by atoms with Gasteiger partial charge in [-0.2, -0.15) is 0 Å². The van der Waals surface area contributed by atoms with Gasteiger partial charge in [0.2, 0.25) is 0 Å². The highest BCUT2D eigenvalue weighted by Crippen LogP contribution is 2.44. The molecule has 0 aromatic heterocycles. The van der Waals surface area contributed by atoms with Crippen LogP contribution in [0.4, 0.5) is 5.69 Å². The monoisotopic (exact) mass is 467 g/mol. The summed E-state index contributed by atoms with van der Waals surface area (Å²) < 4.78 is 0. The molecule has 3 aromatic rings. The number of aliphatic hydroxyl groups is 1. The third kappa shape index (κ3) is 4.06. The minimum atomic E-state index is -1.94. The normalized spacial score (nSPS) is 17.7. The molecule has 1 N–H and O–H groups in total. The maximum absolute atomic E-state index is 13.4. The summed E-state index contributed by atoms with van der Waals surface area (Å²) in [7, 11) is 0. The lowest BCUT2D eigenvalue weighted by Gasteiger charge is -2.23. The van der Waals surface area contributed by atoms with Crippen molar-refractivity contribution in [2.45, 2.75) is 38.3 Å². The van der Waals surface area contributed by atoms with Crippen LogP contribution in [0.2, 0.25) is 10.0 Å². The predicted molar refractivity (Wildman–Crippen MR) is 127 cm³/mol. The molecule has 32 heavy (non-hydrogen) atoms. The second-order valence-corrected chi connectivity index (χ2v) is 9.22. The van der Waals surface area contributed by atoms with E-state index in [0.717, 1.165) is 5.56 Å². The molecular weight excluding hydrogens is 445 g/mol. The van der Waals surface area contributed by atoms with Crippen molar-refractivity contribution in [3.05, 3.63) is 99.0 Å². The van der Waals surface area contributed by atoms with Crippen LogP contribution in [0.5, 0.6) is 0 Å². The van der Waals surface area contributed by atoms with Crippen molar-refractivity contribution in [1.29, 1.82) is 0 Å². The molecule has 164 valence electrons. The molecule has 4 nitrogen and oxygen atoms in total. The first-order valence-corrected chi connectivity index (χ1v) is 11.2. The van der Waals surface area contributed by atoms with Crippen LogP contribution in [0.3, 0.4) is 0 Å². The molecule has 0 saturated heterocycles. The first-order valence-electron chi connectivity index (χ1n) is 10.4. The van der Waals surface area contributed by atoms with Crippen LogP contribution in [-0.2, 0) is 16.9 Å². The second kappa shape index (κ2) is 8.70. The maximum Gasteiger partial charge on any atom is 0.264 e. The van der Waals surface area contributed by atoms with Gasteiger partial charge in [0, 0.05) is 21.2 Å². The van der Waals surface area contributed by atoms with Crippen molar-refractivity contribution in [3.63, 3.8) is 0 Å². The number of hydrogen-bond acceptors (Lipinski definition) is 3. The molecule has 0 saturated carbocycles. The van der Waals surface area contributed by atoms with Crippen molar-refractivity contribution in [2.75, 3.05) is 4.90 Å². The summed E-state index contributed by atoms with van der Waals surface area (Å²) in [6, 6.07) is 19.4. The molecule has 4 rings (SSSR count). The number of anilines is 1. The van der Waals surface area contributed by atoms with E-state index in [4.69, 9.17) is 23.2 Å². The van der Waals surface area contributed by atoms with Crippen LogP contribution >= 0.6 is 23.2 Å². The first kappa shape index (κ1) is 22.5. The smallest absolute Gasteiger partial charge is 0.264 e. The zero-order valence-corrected chi connectivity index (χ0v) is 19.3. The van der Waals surface area contributed by atoms with Gasteiger partial charge in [0.1, 0.15) is 0 Å². The number of carbonyl (C=O) groups excluding carboxylic acids is 2. The Labute approximate surface area is 197 Å². The SMILES string of the molecule is CC(C)c1ccc(C(=O)CC2(O)C(=O)N(Cc3ccc(Cl)cc3Cl)c3ccccc32)cc1. The average molecular weight is 468 g/mol. The van der Waals surface area contributed by atoms with Gasteiger partial charge in [-0.15, -0.1) is 0 Å². The first-order chi connectivity index (χ1) is 15.2. The average Bonchev–Trinajstić information content (AvgIpc) is 2.97. The Morgan fingerprint density at radius 2 is 1.72 bits per heavy atom. The predicted octanol–water partition coefficient (Wildman–Crippen LogP) is 6.12. The van der Waals surface area contributed by atoms with Gasteiger partial charge in [-0.1, -0.05) is 85.6 Å². The number of fused-ring (bicyclic) bond motifs is 1. The zero-order valence-electron chi connectivity index (χ0n) is 17.8. The van der Waals surface area contributed by atoms with Crippen LogP contribution < -0.4 is 4.90 Å². The van der Waals surface area contributed by atoms with Gasteiger partial charge in [-0.25, -0.2) is 0 Å². The Bertz CT molecular complexity index is 1190. The number of hydrogen-bond donors (Lipinski definition) is 1. The van der Waals surface area contributed by atoms with E-state index in [1.54, 1.807) is 54.6 Å². The summed E-state index contributed by atoms with van der Waals surface area (Å²) in [5, 5.41) is 12.4. The highest BCUT2D eigenvalue weighted by Gasteiger charge is 2.50. The molecule has 1 amide bonds. The Balaban J connectivity index is 1.65. The third-order valence-corrected chi connectivity index (χ3v) is 6.49. The molecule has 0 spiro atoms. The standard InChI is InChI=1S/C26H23Cl2NO3/c1-16(2)17-7-9-18(10-8-17)24(30)14-26(32)21-5-3-4-6-23(21)29(25(26)31)15-19-11-12-20(27)13-22(19)28/h3-13,16,32H,14-15H2,1-2H3. The molecule has 0 radical (unpaired) electrons. The summed E-state index contributed by atoms with van der Waals surface area (Å²) in [5.41, 5.74) is 1.32. The van der Waals surface area contributed by atoms with Crippen molar-refractivity contribution < 1.29 is 14.7 Å². The molecule has 0 fully saturated rings. The number of benzene rings is 3. The topological polar surface area (TPSA) is 57.6 Å². The van der Waals surface area contributed by atoms with Gasteiger partial charge < -0.3 is 10.0 Å². The van der Waals surface area contributed by atoms with Gasteiger partial charge in [0.05, 0.1) is 18.7 Å². The van der Waals surface area contributed by atoms with Crippen LogP contribution in [-0.4, -0.2) is 16.8 Å². The lowest BCUT2D eigenvalue weighted by Crippen LogP contribution is -2.41. The quantitative estimate of drug-likeness (QED) is 0.443. The number of carbonyl (C=O) groups is 2. The highest BCUT2D eigenvalue weighted by atomic mass is 35.5. The molecule has 1 atom stereocenters. The van der Waals surface area contributed by atoms with Gasteiger partial charge in [-0.05, 0) is 35.2 Å². The fraction of sp³-hybridized carbons (Fsp3) is 0.231. The minimum Gasteiger partial charge on any atom is -0.375 e. The number of nitrogens with zero attached hydrogens (tertiary/aromatic N) is 1. The molecule has 3 aromatic carbocycles. The molecule has 1 aliphatic heterocycles. The molecule has 1 aliphatic rings. The number of rotatable bonds is 6. The number of amides is 1. The van der Waals surface area contributed by atoms with Gasteiger partial charge in [0.25, 0.3) is 5.91 Å². The number of halogens is 2. The van der Waals surface area contributed by atoms with E-state index in [9.17, 15) is 14.7 Å². The highest BCUT2D eigenvalue weighted by molar-refractivity contribution is 6.35. The van der Waals surface area contributed by atoms with Crippen LogP contribution in [0, 0.1) is 0 Å².